The molecule has 1 fully saturated rings. The molecule has 0 aliphatic heterocycles. The second-order valence-electron chi connectivity index (χ2n) is 4.21. The van der Waals surface area contributed by atoms with Gasteiger partial charge in [0.15, 0.2) is 5.76 Å². The van der Waals surface area contributed by atoms with E-state index in [0.717, 1.165) is 17.9 Å². The number of rotatable bonds is 4. The lowest BCUT2D eigenvalue weighted by atomic mass is 9.98. The van der Waals surface area contributed by atoms with E-state index in [9.17, 15) is 0 Å². The Balaban J connectivity index is 1.76. The van der Waals surface area contributed by atoms with Crippen molar-refractivity contribution in [2.45, 2.75) is 58.2 Å². The van der Waals surface area contributed by atoms with E-state index in [1.54, 1.807) is 0 Å². The van der Waals surface area contributed by atoms with Crippen LogP contribution < -0.4 is 0 Å². The molecule has 1 aromatic rings. The first-order valence-corrected chi connectivity index (χ1v) is 5.94. The number of hydrogen-bond acceptors (Lipinski definition) is 3. The van der Waals surface area contributed by atoms with Gasteiger partial charge in [-0.15, -0.1) is 0 Å². The summed E-state index contributed by atoms with van der Waals surface area (Å²) in [7, 11) is 0. The third kappa shape index (κ3) is 3.06. The van der Waals surface area contributed by atoms with E-state index < -0.39 is 0 Å². The summed E-state index contributed by atoms with van der Waals surface area (Å²) in [5.74, 6) is 0.859. The van der Waals surface area contributed by atoms with Crippen LogP contribution in [0, 0.1) is 0 Å². The van der Waals surface area contributed by atoms with Crippen LogP contribution in [0.1, 0.15) is 50.5 Å². The Kier molecular flexibility index (Phi) is 3.78. The highest BCUT2D eigenvalue weighted by molar-refractivity contribution is 5.03. The summed E-state index contributed by atoms with van der Waals surface area (Å²) in [6.07, 6.45) is 7.75. The van der Waals surface area contributed by atoms with Gasteiger partial charge in [0.2, 0.25) is 0 Å². The van der Waals surface area contributed by atoms with Gasteiger partial charge in [0.05, 0.1) is 11.8 Å². The van der Waals surface area contributed by atoms with Crippen molar-refractivity contribution >= 4 is 0 Å². The molecule has 15 heavy (non-hydrogen) atoms. The maximum atomic E-state index is 5.79. The quantitative estimate of drug-likeness (QED) is 0.764. The van der Waals surface area contributed by atoms with E-state index in [4.69, 9.17) is 9.26 Å². The van der Waals surface area contributed by atoms with Crippen molar-refractivity contribution in [1.29, 1.82) is 0 Å². The van der Waals surface area contributed by atoms with E-state index in [1.807, 2.05) is 6.07 Å². The second-order valence-corrected chi connectivity index (χ2v) is 4.21. The third-order valence-corrected chi connectivity index (χ3v) is 2.98. The lowest BCUT2D eigenvalue weighted by molar-refractivity contribution is 0.00667. The minimum atomic E-state index is 0.439. The first kappa shape index (κ1) is 10.7. The first-order chi connectivity index (χ1) is 7.38. The third-order valence-electron chi connectivity index (χ3n) is 2.98. The summed E-state index contributed by atoms with van der Waals surface area (Å²) in [5, 5.41) is 3.94. The van der Waals surface area contributed by atoms with E-state index in [1.165, 1.54) is 32.1 Å². The standard InChI is InChI=1S/C12H19NO2/c1-2-10-8-12(15-13-10)9-14-11-6-4-3-5-7-11/h8,11H,2-7,9H2,1H3. The van der Waals surface area contributed by atoms with Gasteiger partial charge in [0, 0.05) is 6.07 Å². The fraction of sp³-hybridized carbons (Fsp3) is 0.750. The molecule has 0 bridgehead atoms. The molecule has 1 aliphatic carbocycles. The molecule has 1 aromatic heterocycles. The number of ether oxygens (including phenoxy) is 1. The molecule has 84 valence electrons. The predicted molar refractivity (Wildman–Crippen MR) is 57.5 cm³/mol. The summed E-state index contributed by atoms with van der Waals surface area (Å²) < 4.78 is 11.0. The lowest BCUT2D eigenvalue weighted by Crippen LogP contribution is -2.16. The average molecular weight is 209 g/mol. The molecule has 0 radical (unpaired) electrons. The highest BCUT2D eigenvalue weighted by atomic mass is 16.5. The Bertz CT molecular complexity index is 290. The van der Waals surface area contributed by atoms with Gasteiger partial charge in [-0.1, -0.05) is 31.3 Å². The van der Waals surface area contributed by atoms with Crippen LogP contribution in [0.2, 0.25) is 0 Å². The molecule has 0 spiro atoms. The number of hydrogen-bond donors (Lipinski definition) is 0. The Morgan fingerprint density at radius 2 is 2.20 bits per heavy atom. The zero-order chi connectivity index (χ0) is 10.5. The Hall–Kier alpha value is -0.830. The van der Waals surface area contributed by atoms with Crippen LogP contribution in [-0.4, -0.2) is 11.3 Å². The second kappa shape index (κ2) is 5.31. The van der Waals surface area contributed by atoms with Crippen LogP contribution in [0.15, 0.2) is 10.6 Å². The topological polar surface area (TPSA) is 35.3 Å². The van der Waals surface area contributed by atoms with Gasteiger partial charge < -0.3 is 9.26 Å². The van der Waals surface area contributed by atoms with Crippen LogP contribution in [0.4, 0.5) is 0 Å². The van der Waals surface area contributed by atoms with Gasteiger partial charge in [0.25, 0.3) is 0 Å². The van der Waals surface area contributed by atoms with E-state index in [0.29, 0.717) is 12.7 Å². The molecule has 0 atom stereocenters. The molecule has 1 saturated carbocycles. The van der Waals surface area contributed by atoms with Crippen LogP contribution in [-0.2, 0) is 17.8 Å². The molecule has 1 heterocycles. The zero-order valence-corrected chi connectivity index (χ0v) is 9.37. The van der Waals surface area contributed by atoms with Crippen molar-refractivity contribution in [1.82, 2.24) is 5.16 Å². The molecule has 0 unspecified atom stereocenters. The molecule has 0 amide bonds. The molecule has 3 heteroatoms. The summed E-state index contributed by atoms with van der Waals surface area (Å²) in [5.41, 5.74) is 1.01. The highest BCUT2D eigenvalue weighted by Crippen LogP contribution is 2.21. The maximum Gasteiger partial charge on any atom is 0.162 e. The van der Waals surface area contributed by atoms with Gasteiger partial charge in [-0.3, -0.25) is 0 Å². The lowest BCUT2D eigenvalue weighted by Gasteiger charge is -2.21. The van der Waals surface area contributed by atoms with Crippen molar-refractivity contribution in [3.05, 3.63) is 17.5 Å². The van der Waals surface area contributed by atoms with Crippen LogP contribution >= 0.6 is 0 Å². The summed E-state index contributed by atoms with van der Waals surface area (Å²) in [4.78, 5) is 0. The summed E-state index contributed by atoms with van der Waals surface area (Å²) in [6.45, 7) is 2.65. The van der Waals surface area contributed by atoms with Crippen molar-refractivity contribution in [3.8, 4) is 0 Å². The van der Waals surface area contributed by atoms with Crippen LogP contribution in [0.3, 0.4) is 0 Å². The van der Waals surface area contributed by atoms with Crippen molar-refractivity contribution < 1.29 is 9.26 Å². The molecule has 1 aliphatic rings. The molecular weight excluding hydrogens is 190 g/mol. The van der Waals surface area contributed by atoms with Crippen molar-refractivity contribution in [3.63, 3.8) is 0 Å². The van der Waals surface area contributed by atoms with Gasteiger partial charge in [-0.05, 0) is 19.3 Å². The molecule has 2 rings (SSSR count). The summed E-state index contributed by atoms with van der Waals surface area (Å²) in [6, 6.07) is 1.99. The zero-order valence-electron chi connectivity index (χ0n) is 9.37. The Labute approximate surface area is 90.8 Å². The fourth-order valence-electron chi connectivity index (χ4n) is 2.02. The molecule has 0 N–H and O–H groups in total. The number of nitrogens with zero attached hydrogens (tertiary/aromatic N) is 1. The summed E-state index contributed by atoms with van der Waals surface area (Å²) >= 11 is 0. The number of aryl methyl sites for hydroxylation is 1. The predicted octanol–water partition coefficient (Wildman–Crippen LogP) is 3.09. The number of aromatic nitrogens is 1. The van der Waals surface area contributed by atoms with Gasteiger partial charge in [-0.2, -0.15) is 0 Å². The molecule has 3 nitrogen and oxygen atoms in total. The van der Waals surface area contributed by atoms with E-state index >= 15 is 0 Å². The first-order valence-electron chi connectivity index (χ1n) is 5.94. The average Bonchev–Trinajstić information content (AvgIpc) is 2.76. The monoisotopic (exact) mass is 209 g/mol. The maximum absolute atomic E-state index is 5.79. The highest BCUT2D eigenvalue weighted by Gasteiger charge is 2.14. The van der Waals surface area contributed by atoms with Gasteiger partial charge in [-0.25, -0.2) is 0 Å². The smallest absolute Gasteiger partial charge is 0.162 e. The normalized spacial score (nSPS) is 18.2. The largest absolute Gasteiger partial charge is 0.370 e. The fourth-order valence-corrected chi connectivity index (χ4v) is 2.02. The Morgan fingerprint density at radius 1 is 1.40 bits per heavy atom. The van der Waals surface area contributed by atoms with Crippen molar-refractivity contribution in [2.24, 2.45) is 0 Å². The molecule has 0 aromatic carbocycles. The van der Waals surface area contributed by atoms with Gasteiger partial charge >= 0.3 is 0 Å². The minimum Gasteiger partial charge on any atom is -0.370 e. The Morgan fingerprint density at radius 3 is 2.87 bits per heavy atom. The SMILES string of the molecule is CCc1cc(COC2CCCCC2)on1. The molecule has 0 saturated heterocycles. The van der Waals surface area contributed by atoms with Gasteiger partial charge in [0.1, 0.15) is 6.61 Å². The molecular formula is C12H19NO2. The van der Waals surface area contributed by atoms with E-state index in [2.05, 4.69) is 12.1 Å². The van der Waals surface area contributed by atoms with E-state index in [-0.39, 0.29) is 0 Å². The van der Waals surface area contributed by atoms with Crippen LogP contribution in [0.25, 0.3) is 0 Å². The van der Waals surface area contributed by atoms with Crippen molar-refractivity contribution in [2.75, 3.05) is 0 Å². The van der Waals surface area contributed by atoms with Crippen LogP contribution in [0.5, 0.6) is 0 Å². The minimum absolute atomic E-state index is 0.439.